The zero-order valence-electron chi connectivity index (χ0n) is 10.8. The van der Waals surface area contributed by atoms with E-state index in [0.29, 0.717) is 23.7 Å². The lowest BCUT2D eigenvalue weighted by Gasteiger charge is -2.03. The molecule has 1 aliphatic rings. The third-order valence-corrected chi connectivity index (χ3v) is 3.28. The number of carbonyl (C=O) groups is 1. The fourth-order valence-corrected chi connectivity index (χ4v) is 2.22. The summed E-state index contributed by atoms with van der Waals surface area (Å²) in [5.74, 6) is 0.0605. The number of carboxylic acids is 1. The summed E-state index contributed by atoms with van der Waals surface area (Å²) in [6.07, 6.45) is 2.93. The lowest BCUT2D eigenvalue weighted by molar-refractivity contribution is 0.0697. The van der Waals surface area contributed by atoms with E-state index in [-0.39, 0.29) is 11.7 Å². The maximum absolute atomic E-state index is 10.8. The van der Waals surface area contributed by atoms with E-state index in [0.717, 1.165) is 19.4 Å². The van der Waals surface area contributed by atoms with Crippen molar-refractivity contribution in [3.63, 3.8) is 0 Å². The van der Waals surface area contributed by atoms with Crippen molar-refractivity contribution < 1.29 is 19.2 Å². The van der Waals surface area contributed by atoms with Crippen molar-refractivity contribution in [1.82, 2.24) is 10.1 Å². The van der Waals surface area contributed by atoms with Crippen molar-refractivity contribution in [3.05, 3.63) is 35.7 Å². The Balaban J connectivity index is 1.73. The van der Waals surface area contributed by atoms with Crippen molar-refractivity contribution in [3.8, 4) is 11.5 Å². The molecule has 20 heavy (non-hydrogen) atoms. The Morgan fingerprint density at radius 2 is 2.15 bits per heavy atom. The predicted molar refractivity (Wildman–Crippen MR) is 69.4 cm³/mol. The van der Waals surface area contributed by atoms with Crippen molar-refractivity contribution in [2.45, 2.75) is 25.4 Å². The minimum absolute atomic E-state index is 0.176. The highest BCUT2D eigenvalue weighted by Gasteiger charge is 2.19. The van der Waals surface area contributed by atoms with Gasteiger partial charge in [-0.1, -0.05) is 5.16 Å². The van der Waals surface area contributed by atoms with Gasteiger partial charge in [-0.15, -0.1) is 0 Å². The lowest BCUT2D eigenvalue weighted by atomic mass is 10.1. The molecule has 1 fully saturated rings. The van der Waals surface area contributed by atoms with Crippen LogP contribution in [0.2, 0.25) is 0 Å². The molecule has 0 radical (unpaired) electrons. The molecule has 6 heteroatoms. The summed E-state index contributed by atoms with van der Waals surface area (Å²) in [6.45, 7) is 0.798. The molecule has 2 aromatic rings. The molecule has 0 saturated carbocycles. The van der Waals surface area contributed by atoms with E-state index in [1.54, 1.807) is 12.1 Å². The van der Waals surface area contributed by atoms with E-state index in [9.17, 15) is 4.79 Å². The third-order valence-electron chi connectivity index (χ3n) is 3.28. The SMILES string of the molecule is O=C(O)c1ccc(-c2nc(CC3CCCO3)no2)cc1. The van der Waals surface area contributed by atoms with Crippen molar-refractivity contribution in [2.24, 2.45) is 0 Å². The van der Waals surface area contributed by atoms with Crippen LogP contribution in [-0.4, -0.2) is 33.9 Å². The van der Waals surface area contributed by atoms with Crippen LogP contribution in [0, 0.1) is 0 Å². The summed E-state index contributed by atoms with van der Waals surface area (Å²) in [4.78, 5) is 15.1. The third kappa shape index (κ3) is 2.70. The minimum Gasteiger partial charge on any atom is -0.478 e. The molecule has 1 aromatic heterocycles. The van der Waals surface area contributed by atoms with Crippen molar-refractivity contribution in [1.29, 1.82) is 0 Å². The van der Waals surface area contributed by atoms with E-state index in [2.05, 4.69) is 10.1 Å². The Morgan fingerprint density at radius 3 is 2.80 bits per heavy atom. The number of aromatic carboxylic acids is 1. The molecule has 3 rings (SSSR count). The molecular formula is C14H14N2O4. The summed E-state index contributed by atoms with van der Waals surface area (Å²) >= 11 is 0. The molecule has 104 valence electrons. The first-order valence-corrected chi connectivity index (χ1v) is 6.50. The molecule has 1 unspecified atom stereocenters. The van der Waals surface area contributed by atoms with Crippen LogP contribution in [0.5, 0.6) is 0 Å². The summed E-state index contributed by atoms with van der Waals surface area (Å²) in [7, 11) is 0. The van der Waals surface area contributed by atoms with E-state index < -0.39 is 5.97 Å². The fourth-order valence-electron chi connectivity index (χ4n) is 2.22. The Morgan fingerprint density at radius 1 is 1.35 bits per heavy atom. The first-order valence-electron chi connectivity index (χ1n) is 6.50. The molecule has 0 aliphatic carbocycles. The van der Waals surface area contributed by atoms with Gasteiger partial charge in [0.2, 0.25) is 0 Å². The van der Waals surface area contributed by atoms with Gasteiger partial charge in [0.25, 0.3) is 5.89 Å². The van der Waals surface area contributed by atoms with Crippen LogP contribution in [0.1, 0.15) is 29.0 Å². The second kappa shape index (κ2) is 5.42. The Hall–Kier alpha value is -2.21. The van der Waals surface area contributed by atoms with Crippen LogP contribution >= 0.6 is 0 Å². The van der Waals surface area contributed by atoms with Gasteiger partial charge in [-0.25, -0.2) is 4.79 Å². The highest BCUT2D eigenvalue weighted by molar-refractivity contribution is 5.88. The molecule has 1 aliphatic heterocycles. The number of nitrogens with zero attached hydrogens (tertiary/aromatic N) is 2. The van der Waals surface area contributed by atoms with Crippen molar-refractivity contribution >= 4 is 5.97 Å². The zero-order valence-corrected chi connectivity index (χ0v) is 10.8. The van der Waals surface area contributed by atoms with Gasteiger partial charge in [0, 0.05) is 18.6 Å². The molecule has 0 bridgehead atoms. The number of hydrogen-bond acceptors (Lipinski definition) is 5. The van der Waals surface area contributed by atoms with Gasteiger partial charge in [-0.2, -0.15) is 4.98 Å². The quantitative estimate of drug-likeness (QED) is 0.919. The topological polar surface area (TPSA) is 85.5 Å². The maximum Gasteiger partial charge on any atom is 0.335 e. The number of carboxylic acid groups (broad SMARTS) is 1. The van der Waals surface area contributed by atoms with Gasteiger partial charge in [-0.3, -0.25) is 0 Å². The second-order valence-electron chi connectivity index (χ2n) is 4.74. The summed E-state index contributed by atoms with van der Waals surface area (Å²) < 4.78 is 10.7. The number of rotatable bonds is 4. The normalized spacial score (nSPS) is 18.3. The van der Waals surface area contributed by atoms with Gasteiger partial charge >= 0.3 is 5.97 Å². The van der Waals surface area contributed by atoms with Crippen LogP contribution < -0.4 is 0 Å². The first kappa shape index (κ1) is 12.8. The Bertz CT molecular complexity index is 600. The molecule has 1 N–H and O–H groups in total. The van der Waals surface area contributed by atoms with Crippen LogP contribution in [0.15, 0.2) is 28.8 Å². The summed E-state index contributed by atoms with van der Waals surface area (Å²) in [6, 6.07) is 6.35. The molecule has 1 saturated heterocycles. The zero-order chi connectivity index (χ0) is 13.9. The van der Waals surface area contributed by atoms with Gasteiger partial charge in [-0.05, 0) is 37.1 Å². The molecule has 1 aromatic carbocycles. The summed E-state index contributed by atoms with van der Waals surface area (Å²) in [5.41, 5.74) is 0.939. The second-order valence-corrected chi connectivity index (χ2v) is 4.74. The standard InChI is InChI=1S/C14H14N2O4/c17-14(18)10-5-3-9(4-6-10)13-15-12(16-20-13)8-11-2-1-7-19-11/h3-6,11H,1-2,7-8H2,(H,17,18). The number of hydrogen-bond donors (Lipinski definition) is 1. The van der Waals surface area contributed by atoms with Crippen molar-refractivity contribution in [2.75, 3.05) is 6.61 Å². The van der Waals surface area contributed by atoms with E-state index in [1.807, 2.05) is 0 Å². The number of aromatic nitrogens is 2. The maximum atomic E-state index is 10.8. The van der Waals surface area contributed by atoms with E-state index in [1.165, 1.54) is 12.1 Å². The van der Waals surface area contributed by atoms with Crippen LogP contribution in [0.3, 0.4) is 0 Å². The van der Waals surface area contributed by atoms with Crippen LogP contribution in [0.4, 0.5) is 0 Å². The van der Waals surface area contributed by atoms with E-state index in [4.69, 9.17) is 14.4 Å². The highest BCUT2D eigenvalue weighted by atomic mass is 16.5. The Labute approximate surface area is 115 Å². The van der Waals surface area contributed by atoms with Crippen LogP contribution in [-0.2, 0) is 11.2 Å². The van der Waals surface area contributed by atoms with Gasteiger partial charge in [0.15, 0.2) is 5.82 Å². The molecule has 1 atom stereocenters. The van der Waals surface area contributed by atoms with Gasteiger partial charge < -0.3 is 14.4 Å². The monoisotopic (exact) mass is 274 g/mol. The van der Waals surface area contributed by atoms with E-state index >= 15 is 0 Å². The van der Waals surface area contributed by atoms with Crippen LogP contribution in [0.25, 0.3) is 11.5 Å². The molecule has 0 amide bonds. The number of benzene rings is 1. The highest BCUT2D eigenvalue weighted by Crippen LogP contribution is 2.20. The predicted octanol–water partition coefficient (Wildman–Crippen LogP) is 2.16. The first-order chi connectivity index (χ1) is 9.72. The minimum atomic E-state index is -0.957. The Kier molecular flexibility index (Phi) is 3.47. The molecular weight excluding hydrogens is 260 g/mol. The fraction of sp³-hybridized carbons (Fsp3) is 0.357. The van der Waals surface area contributed by atoms with Gasteiger partial charge in [0.05, 0.1) is 11.7 Å². The lowest BCUT2D eigenvalue weighted by Crippen LogP contribution is -2.09. The summed E-state index contributed by atoms with van der Waals surface area (Å²) in [5, 5.41) is 12.8. The molecule has 6 nitrogen and oxygen atoms in total. The van der Waals surface area contributed by atoms with Gasteiger partial charge in [0.1, 0.15) is 0 Å². The molecule has 2 heterocycles. The average Bonchev–Trinajstić information content (AvgIpc) is 3.11. The molecule has 0 spiro atoms. The largest absolute Gasteiger partial charge is 0.478 e. The smallest absolute Gasteiger partial charge is 0.335 e. The average molecular weight is 274 g/mol. The number of ether oxygens (including phenoxy) is 1.